The number of hydrogen-bond donors (Lipinski definition) is 1. The standard InChI is InChI=1S/C15H13F4N3O3/c1-24-4-5-25-14(23)22-12-3-2-11(21-13(12)15(17,18)19)9-6-10(16)8-20-7-9/h2-3,6-8H,4-5H2,1H3,(H,22,23). The number of methoxy groups -OCH3 is 1. The number of hydrogen-bond acceptors (Lipinski definition) is 5. The van der Waals surface area contributed by atoms with Crippen LogP contribution in [0, 0.1) is 5.82 Å². The maximum absolute atomic E-state index is 13.2. The molecule has 0 aliphatic heterocycles. The van der Waals surface area contributed by atoms with Gasteiger partial charge in [0.05, 0.1) is 24.2 Å². The molecule has 1 N–H and O–H groups in total. The highest BCUT2D eigenvalue weighted by atomic mass is 19.4. The largest absolute Gasteiger partial charge is 0.447 e. The summed E-state index contributed by atoms with van der Waals surface area (Å²) in [7, 11) is 1.38. The van der Waals surface area contributed by atoms with Gasteiger partial charge in [0.15, 0.2) is 5.69 Å². The van der Waals surface area contributed by atoms with Crippen molar-refractivity contribution in [2.24, 2.45) is 0 Å². The highest BCUT2D eigenvalue weighted by molar-refractivity contribution is 5.85. The van der Waals surface area contributed by atoms with E-state index >= 15 is 0 Å². The molecule has 0 radical (unpaired) electrons. The monoisotopic (exact) mass is 359 g/mol. The minimum atomic E-state index is -4.84. The van der Waals surface area contributed by atoms with Crippen LogP contribution >= 0.6 is 0 Å². The molecule has 2 heterocycles. The van der Waals surface area contributed by atoms with Crippen LogP contribution in [-0.4, -0.2) is 36.4 Å². The molecule has 0 saturated heterocycles. The predicted octanol–water partition coefficient (Wildman–Crippen LogP) is 3.50. The Morgan fingerprint density at radius 3 is 2.64 bits per heavy atom. The van der Waals surface area contributed by atoms with Crippen LogP contribution in [0.5, 0.6) is 0 Å². The molecule has 0 atom stereocenters. The Morgan fingerprint density at radius 1 is 1.24 bits per heavy atom. The van der Waals surface area contributed by atoms with Gasteiger partial charge >= 0.3 is 12.3 Å². The molecule has 25 heavy (non-hydrogen) atoms. The van der Waals surface area contributed by atoms with Gasteiger partial charge in [-0.1, -0.05) is 0 Å². The van der Waals surface area contributed by atoms with Crippen molar-refractivity contribution < 1.29 is 31.8 Å². The molecule has 2 aromatic heterocycles. The zero-order valence-electron chi connectivity index (χ0n) is 12.9. The van der Waals surface area contributed by atoms with Crippen LogP contribution in [-0.2, 0) is 15.7 Å². The number of anilines is 1. The van der Waals surface area contributed by atoms with Crippen LogP contribution in [0.15, 0.2) is 30.6 Å². The van der Waals surface area contributed by atoms with E-state index in [1.807, 2.05) is 5.32 Å². The first-order valence-corrected chi connectivity index (χ1v) is 6.93. The van der Waals surface area contributed by atoms with Gasteiger partial charge in [0.25, 0.3) is 0 Å². The van der Waals surface area contributed by atoms with Crippen LogP contribution < -0.4 is 5.32 Å². The fraction of sp³-hybridized carbons (Fsp3) is 0.267. The van der Waals surface area contributed by atoms with Crippen LogP contribution in [0.25, 0.3) is 11.3 Å². The second-order valence-corrected chi connectivity index (χ2v) is 4.74. The zero-order chi connectivity index (χ0) is 18.4. The van der Waals surface area contributed by atoms with Crippen molar-refractivity contribution in [1.29, 1.82) is 0 Å². The van der Waals surface area contributed by atoms with E-state index in [-0.39, 0.29) is 24.5 Å². The van der Waals surface area contributed by atoms with Crippen molar-refractivity contribution in [2.45, 2.75) is 6.18 Å². The molecule has 0 spiro atoms. The number of rotatable bonds is 5. The number of carbonyl (C=O) groups is 1. The minimum absolute atomic E-state index is 0.0692. The van der Waals surface area contributed by atoms with Crippen molar-refractivity contribution >= 4 is 11.8 Å². The maximum Gasteiger partial charge on any atom is 0.435 e. The van der Waals surface area contributed by atoms with E-state index in [0.717, 1.165) is 18.3 Å². The highest BCUT2D eigenvalue weighted by Gasteiger charge is 2.36. The molecule has 0 aliphatic rings. The maximum atomic E-state index is 13.2. The van der Waals surface area contributed by atoms with E-state index in [9.17, 15) is 22.4 Å². The molecule has 2 rings (SSSR count). The molecule has 6 nitrogen and oxygen atoms in total. The summed E-state index contributed by atoms with van der Waals surface area (Å²) < 4.78 is 62.2. The number of amides is 1. The SMILES string of the molecule is COCCOC(=O)Nc1ccc(-c2cncc(F)c2)nc1C(F)(F)F. The van der Waals surface area contributed by atoms with Crippen LogP contribution in [0.1, 0.15) is 5.69 Å². The molecule has 0 aromatic carbocycles. The average Bonchev–Trinajstić information content (AvgIpc) is 2.54. The smallest absolute Gasteiger partial charge is 0.435 e. The number of alkyl halides is 3. The van der Waals surface area contributed by atoms with Crippen LogP contribution in [0.4, 0.5) is 28.0 Å². The van der Waals surface area contributed by atoms with Gasteiger partial charge in [0, 0.05) is 18.9 Å². The van der Waals surface area contributed by atoms with E-state index in [2.05, 4.69) is 19.4 Å². The molecule has 10 heteroatoms. The summed E-state index contributed by atoms with van der Waals surface area (Å²) in [5.74, 6) is -0.711. The summed E-state index contributed by atoms with van der Waals surface area (Å²) in [6, 6.07) is 3.21. The first-order valence-electron chi connectivity index (χ1n) is 6.93. The third-order valence-electron chi connectivity index (χ3n) is 2.92. The average molecular weight is 359 g/mol. The van der Waals surface area contributed by atoms with Gasteiger partial charge in [-0.15, -0.1) is 0 Å². The minimum Gasteiger partial charge on any atom is -0.447 e. The van der Waals surface area contributed by atoms with E-state index in [1.165, 1.54) is 19.4 Å². The summed E-state index contributed by atoms with van der Waals surface area (Å²) in [5.41, 5.74) is -1.99. The number of nitrogens with one attached hydrogen (secondary N) is 1. The van der Waals surface area contributed by atoms with Gasteiger partial charge in [-0.3, -0.25) is 10.3 Å². The first-order chi connectivity index (χ1) is 11.8. The van der Waals surface area contributed by atoms with Gasteiger partial charge in [-0.2, -0.15) is 13.2 Å². The van der Waals surface area contributed by atoms with Gasteiger partial charge in [0.1, 0.15) is 12.4 Å². The molecule has 0 aliphatic carbocycles. The van der Waals surface area contributed by atoms with Crippen molar-refractivity contribution in [2.75, 3.05) is 25.6 Å². The predicted molar refractivity (Wildman–Crippen MR) is 79.3 cm³/mol. The Labute approximate surface area is 139 Å². The Hall–Kier alpha value is -2.75. The van der Waals surface area contributed by atoms with E-state index < -0.39 is 29.5 Å². The molecule has 1 amide bonds. The van der Waals surface area contributed by atoms with Gasteiger partial charge in [-0.25, -0.2) is 14.2 Å². The number of carbonyl (C=O) groups excluding carboxylic acids is 1. The van der Waals surface area contributed by atoms with Crippen LogP contribution in [0.2, 0.25) is 0 Å². The number of ether oxygens (including phenoxy) is 2. The lowest BCUT2D eigenvalue weighted by atomic mass is 10.1. The summed E-state index contributed by atoms with van der Waals surface area (Å²) in [4.78, 5) is 18.6. The first kappa shape index (κ1) is 18.6. The third-order valence-corrected chi connectivity index (χ3v) is 2.92. The van der Waals surface area contributed by atoms with E-state index in [4.69, 9.17) is 0 Å². The van der Waals surface area contributed by atoms with Crippen molar-refractivity contribution in [3.63, 3.8) is 0 Å². The molecule has 0 unspecified atom stereocenters. The Balaban J connectivity index is 2.30. The quantitative estimate of drug-likeness (QED) is 0.653. The molecule has 0 saturated carbocycles. The Morgan fingerprint density at radius 2 is 2.00 bits per heavy atom. The van der Waals surface area contributed by atoms with Crippen LogP contribution in [0.3, 0.4) is 0 Å². The van der Waals surface area contributed by atoms with Crippen molar-refractivity contribution in [3.05, 3.63) is 42.1 Å². The fourth-order valence-electron chi connectivity index (χ4n) is 1.85. The topological polar surface area (TPSA) is 73.3 Å². The summed E-state index contributed by atoms with van der Waals surface area (Å²) in [6.07, 6.45) is -3.83. The summed E-state index contributed by atoms with van der Waals surface area (Å²) >= 11 is 0. The fourth-order valence-corrected chi connectivity index (χ4v) is 1.85. The van der Waals surface area contributed by atoms with Gasteiger partial charge < -0.3 is 9.47 Å². The normalized spacial score (nSPS) is 11.2. The molecule has 0 fully saturated rings. The molecule has 0 bridgehead atoms. The lowest BCUT2D eigenvalue weighted by molar-refractivity contribution is -0.140. The Bertz CT molecular complexity index is 753. The second-order valence-electron chi connectivity index (χ2n) is 4.74. The zero-order valence-corrected chi connectivity index (χ0v) is 12.9. The molecule has 134 valence electrons. The van der Waals surface area contributed by atoms with E-state index in [0.29, 0.717) is 0 Å². The van der Waals surface area contributed by atoms with Gasteiger partial charge in [-0.05, 0) is 18.2 Å². The lowest BCUT2D eigenvalue weighted by Crippen LogP contribution is -2.20. The summed E-state index contributed by atoms with van der Waals surface area (Å²) in [5, 5.41) is 1.98. The Kier molecular flexibility index (Phi) is 5.86. The van der Waals surface area contributed by atoms with E-state index in [1.54, 1.807) is 0 Å². The molecule has 2 aromatic rings. The van der Waals surface area contributed by atoms with Crippen molar-refractivity contribution in [1.82, 2.24) is 9.97 Å². The summed E-state index contributed by atoms with van der Waals surface area (Å²) in [6.45, 7) is -0.0204. The lowest BCUT2D eigenvalue weighted by Gasteiger charge is -2.14. The third kappa shape index (κ3) is 5.11. The molecular weight excluding hydrogens is 346 g/mol. The highest BCUT2D eigenvalue weighted by Crippen LogP contribution is 2.35. The van der Waals surface area contributed by atoms with Crippen molar-refractivity contribution in [3.8, 4) is 11.3 Å². The number of nitrogens with zero attached hydrogens (tertiary/aromatic N) is 2. The number of halogens is 4. The number of pyridine rings is 2. The second kappa shape index (κ2) is 7.88. The number of aromatic nitrogens is 2. The van der Waals surface area contributed by atoms with Gasteiger partial charge in [0.2, 0.25) is 0 Å². The molecular formula is C15H13F4N3O3.